The smallest absolute Gasteiger partial charge is 0.302 e. The number of hydrogen-bond acceptors (Lipinski definition) is 9. The lowest BCUT2D eigenvalue weighted by atomic mass is 10.0. The third-order valence-electron chi connectivity index (χ3n) is 5.06. The Bertz CT molecular complexity index is 1180. The highest BCUT2D eigenvalue weighted by Gasteiger charge is 2.53. The van der Waals surface area contributed by atoms with Crippen molar-refractivity contribution in [2.45, 2.75) is 24.9 Å². The molecule has 10 nitrogen and oxygen atoms in total. The van der Waals surface area contributed by atoms with Crippen LogP contribution in [0, 0.1) is 0 Å². The van der Waals surface area contributed by atoms with Crippen molar-refractivity contribution in [3.63, 3.8) is 0 Å². The molecule has 2 unspecified atom stereocenters. The largest absolute Gasteiger partial charge is 0.543 e. The standard InChI is InChI=1S/C22H19BrN2O8S/c1-11(26)31-8-12-10-34-21-17(20(28)25(21)18(12)22(29)30)24-19(27)16-7-6-15(33-16)9-32-14-4-2-13(23)3-5-14/h2-7,17,21H,8-10H2,1H3,(H,24,27)(H,29,30)/p-1. The number of β-lactam (4-membered cyclic amide) rings is 1. The second-order valence-corrected chi connectivity index (χ2v) is 9.41. The van der Waals surface area contributed by atoms with Crippen LogP contribution in [0.25, 0.3) is 0 Å². The van der Waals surface area contributed by atoms with Gasteiger partial charge in [-0.1, -0.05) is 15.9 Å². The zero-order chi connectivity index (χ0) is 24.4. The zero-order valence-electron chi connectivity index (χ0n) is 17.7. The molecule has 12 heteroatoms. The number of furan rings is 1. The minimum atomic E-state index is -1.55. The van der Waals surface area contributed by atoms with Gasteiger partial charge in [-0.25, -0.2) is 0 Å². The molecule has 0 radical (unpaired) electrons. The highest BCUT2D eigenvalue weighted by Crippen LogP contribution is 2.40. The van der Waals surface area contributed by atoms with Crippen LogP contribution in [-0.4, -0.2) is 52.4 Å². The van der Waals surface area contributed by atoms with Crippen molar-refractivity contribution in [3.8, 4) is 5.75 Å². The van der Waals surface area contributed by atoms with Gasteiger partial charge in [-0.2, -0.15) is 0 Å². The summed E-state index contributed by atoms with van der Waals surface area (Å²) in [6, 6.07) is 9.35. The first kappa shape index (κ1) is 23.9. The molecule has 1 N–H and O–H groups in total. The fourth-order valence-corrected chi connectivity index (χ4v) is 5.04. The number of benzene rings is 1. The number of amides is 2. The molecule has 2 amide bonds. The first-order chi connectivity index (χ1) is 16.2. The summed E-state index contributed by atoms with van der Waals surface area (Å²) in [4.78, 5) is 49.0. The van der Waals surface area contributed by atoms with Crippen LogP contribution >= 0.6 is 27.7 Å². The van der Waals surface area contributed by atoms with E-state index in [1.54, 1.807) is 18.2 Å². The van der Waals surface area contributed by atoms with E-state index in [2.05, 4.69) is 21.2 Å². The van der Waals surface area contributed by atoms with E-state index in [1.807, 2.05) is 12.1 Å². The molecule has 0 bridgehead atoms. The lowest BCUT2D eigenvalue weighted by Gasteiger charge is -2.50. The number of hydrogen-bond donors (Lipinski definition) is 1. The van der Waals surface area contributed by atoms with Crippen LogP contribution in [0.15, 0.2) is 56.6 Å². The molecular formula is C22H18BrN2O8S-. The molecule has 2 aromatic rings. The molecule has 1 fully saturated rings. The first-order valence-corrected chi connectivity index (χ1v) is 11.9. The predicted octanol–water partition coefficient (Wildman–Crippen LogP) is 1.20. The summed E-state index contributed by atoms with van der Waals surface area (Å²) in [5.41, 5.74) is -0.0677. The summed E-state index contributed by atoms with van der Waals surface area (Å²) < 4.78 is 16.9. The molecule has 4 rings (SSSR count). The SMILES string of the molecule is CC(=O)OCC1=C(C(=O)[O-])N2C(=O)C(NC(=O)c3ccc(COc4ccc(Br)cc4)o3)C2SC1. The molecule has 178 valence electrons. The van der Waals surface area contributed by atoms with Crippen LogP contribution in [-0.2, 0) is 25.7 Å². The average Bonchev–Trinajstić information content (AvgIpc) is 3.29. The number of fused-ring (bicyclic) bond motifs is 1. The third kappa shape index (κ3) is 4.97. The summed E-state index contributed by atoms with van der Waals surface area (Å²) >= 11 is 4.59. The number of nitrogens with one attached hydrogen (secondary N) is 1. The Morgan fingerprint density at radius 2 is 1.94 bits per heavy atom. The summed E-state index contributed by atoms with van der Waals surface area (Å²) in [6.07, 6.45) is 0. The van der Waals surface area contributed by atoms with Crippen LogP contribution in [0.3, 0.4) is 0 Å². The lowest BCUT2D eigenvalue weighted by Crippen LogP contribution is -2.71. The van der Waals surface area contributed by atoms with Crippen LogP contribution in [0.5, 0.6) is 5.75 Å². The van der Waals surface area contributed by atoms with Crippen molar-refractivity contribution in [1.29, 1.82) is 0 Å². The number of thioether (sulfide) groups is 1. The molecule has 2 atom stereocenters. The van der Waals surface area contributed by atoms with E-state index in [9.17, 15) is 24.3 Å². The number of nitrogens with zero attached hydrogens (tertiary/aromatic N) is 1. The minimum absolute atomic E-state index is 0.00678. The van der Waals surface area contributed by atoms with E-state index < -0.39 is 35.2 Å². The highest BCUT2D eigenvalue weighted by atomic mass is 79.9. The topological polar surface area (TPSA) is 138 Å². The van der Waals surface area contributed by atoms with Crippen molar-refractivity contribution >= 4 is 51.4 Å². The Balaban J connectivity index is 1.37. The fourth-order valence-electron chi connectivity index (χ4n) is 3.45. The second kappa shape index (κ2) is 9.94. The van der Waals surface area contributed by atoms with E-state index in [4.69, 9.17) is 13.9 Å². The number of carboxylic acid groups (broad SMARTS) is 1. The van der Waals surface area contributed by atoms with Crippen molar-refractivity contribution in [1.82, 2.24) is 10.2 Å². The molecular weight excluding hydrogens is 532 g/mol. The normalized spacial score (nSPS) is 19.2. The Labute approximate surface area is 206 Å². The van der Waals surface area contributed by atoms with Crippen LogP contribution in [0.4, 0.5) is 0 Å². The quantitative estimate of drug-likeness (QED) is 0.380. The van der Waals surface area contributed by atoms with E-state index >= 15 is 0 Å². The molecule has 1 aromatic carbocycles. The molecule has 0 saturated carbocycles. The van der Waals surface area contributed by atoms with E-state index in [-0.39, 0.29) is 36.0 Å². The summed E-state index contributed by atoms with van der Waals surface area (Å²) in [5.74, 6) is -2.09. The highest BCUT2D eigenvalue weighted by molar-refractivity contribution is 9.10. The maximum absolute atomic E-state index is 12.7. The van der Waals surface area contributed by atoms with Crippen LogP contribution in [0.1, 0.15) is 23.2 Å². The minimum Gasteiger partial charge on any atom is -0.543 e. The maximum Gasteiger partial charge on any atom is 0.302 e. The number of aliphatic carboxylic acids is 1. The number of rotatable bonds is 8. The second-order valence-electron chi connectivity index (χ2n) is 7.39. The molecule has 1 saturated heterocycles. The molecule has 2 aliphatic heterocycles. The Morgan fingerprint density at radius 1 is 1.21 bits per heavy atom. The van der Waals surface area contributed by atoms with E-state index in [0.717, 1.165) is 9.37 Å². The van der Waals surface area contributed by atoms with Gasteiger partial charge < -0.3 is 29.1 Å². The summed E-state index contributed by atoms with van der Waals surface area (Å²) in [7, 11) is 0. The van der Waals surface area contributed by atoms with Gasteiger partial charge in [0, 0.05) is 22.7 Å². The maximum atomic E-state index is 12.7. The van der Waals surface area contributed by atoms with Crippen molar-refractivity contribution < 1.29 is 38.2 Å². The molecule has 0 aliphatic carbocycles. The molecule has 2 aliphatic rings. The van der Waals surface area contributed by atoms with Gasteiger partial charge in [0.1, 0.15) is 36.1 Å². The number of ether oxygens (including phenoxy) is 2. The first-order valence-electron chi connectivity index (χ1n) is 10.0. The molecule has 3 heterocycles. The number of halogens is 1. The van der Waals surface area contributed by atoms with E-state index in [1.165, 1.54) is 24.8 Å². The van der Waals surface area contributed by atoms with Crippen LogP contribution in [0.2, 0.25) is 0 Å². The average molecular weight is 550 g/mol. The predicted molar refractivity (Wildman–Crippen MR) is 120 cm³/mol. The number of carbonyl (C=O) groups excluding carboxylic acids is 4. The zero-order valence-corrected chi connectivity index (χ0v) is 20.1. The van der Waals surface area contributed by atoms with Crippen molar-refractivity contribution in [2.75, 3.05) is 12.4 Å². The van der Waals surface area contributed by atoms with Crippen LogP contribution < -0.4 is 15.2 Å². The van der Waals surface area contributed by atoms with Gasteiger partial charge in [-0.3, -0.25) is 19.3 Å². The van der Waals surface area contributed by atoms with Gasteiger partial charge in [-0.05, 0) is 36.4 Å². The third-order valence-corrected chi connectivity index (χ3v) is 6.93. The summed E-state index contributed by atoms with van der Waals surface area (Å²) in [6.45, 7) is 1.05. The van der Waals surface area contributed by atoms with Gasteiger partial charge in [0.15, 0.2) is 5.76 Å². The van der Waals surface area contributed by atoms with Gasteiger partial charge in [-0.15, -0.1) is 11.8 Å². The number of carbonyl (C=O) groups is 4. The molecule has 34 heavy (non-hydrogen) atoms. The van der Waals surface area contributed by atoms with Crippen molar-refractivity contribution in [3.05, 3.63) is 63.7 Å². The number of esters is 1. The Kier molecular flexibility index (Phi) is 6.98. The monoisotopic (exact) mass is 549 g/mol. The fraction of sp³-hybridized carbons (Fsp3) is 0.273. The van der Waals surface area contributed by atoms with Gasteiger partial charge >= 0.3 is 5.97 Å². The van der Waals surface area contributed by atoms with Gasteiger partial charge in [0.25, 0.3) is 11.8 Å². The Morgan fingerprint density at radius 3 is 2.62 bits per heavy atom. The van der Waals surface area contributed by atoms with Gasteiger partial charge in [0.05, 0.1) is 11.7 Å². The lowest BCUT2D eigenvalue weighted by molar-refractivity contribution is -0.301. The van der Waals surface area contributed by atoms with Gasteiger partial charge in [0.2, 0.25) is 0 Å². The number of carboxylic acids is 1. The van der Waals surface area contributed by atoms with E-state index in [0.29, 0.717) is 11.5 Å². The van der Waals surface area contributed by atoms with Crippen molar-refractivity contribution in [2.24, 2.45) is 0 Å². The Hall–Kier alpha value is -3.25. The molecule has 1 aromatic heterocycles. The summed E-state index contributed by atoms with van der Waals surface area (Å²) in [5, 5.41) is 13.6. The molecule has 0 spiro atoms.